The van der Waals surface area contributed by atoms with E-state index in [1.165, 1.54) is 6.07 Å². The number of nitrogens with two attached hydrogens (primary N) is 2. The van der Waals surface area contributed by atoms with Gasteiger partial charge in [0, 0.05) is 13.6 Å². The quantitative estimate of drug-likeness (QED) is 0.780. The van der Waals surface area contributed by atoms with Crippen LogP contribution in [0.15, 0.2) is 12.1 Å². The molecule has 0 bridgehead atoms. The van der Waals surface area contributed by atoms with E-state index < -0.39 is 5.91 Å². The molecule has 1 aromatic heterocycles. The molecule has 1 atom stereocenters. The Kier molecular flexibility index (Phi) is 3.88. The van der Waals surface area contributed by atoms with Gasteiger partial charge in [-0.15, -0.1) is 0 Å². The van der Waals surface area contributed by atoms with Crippen LogP contribution in [0.5, 0.6) is 0 Å². The second-order valence-electron chi connectivity index (χ2n) is 3.88. The normalized spacial score (nSPS) is 11.6. The number of anilines is 2. The number of rotatable bonds is 4. The molecular weight excluding hydrogens is 218 g/mol. The number of nitriles is 1. The van der Waals surface area contributed by atoms with Crippen LogP contribution in [-0.4, -0.2) is 24.5 Å². The highest BCUT2D eigenvalue weighted by atomic mass is 16.1. The van der Waals surface area contributed by atoms with Crippen LogP contribution >= 0.6 is 0 Å². The minimum atomic E-state index is -0.604. The van der Waals surface area contributed by atoms with Gasteiger partial charge in [-0.25, -0.2) is 4.98 Å². The number of carbonyl (C=O) groups excluding carboxylic acids is 1. The van der Waals surface area contributed by atoms with Crippen molar-refractivity contribution in [2.24, 2.45) is 11.7 Å². The van der Waals surface area contributed by atoms with E-state index in [9.17, 15) is 4.79 Å². The Morgan fingerprint density at radius 1 is 1.65 bits per heavy atom. The Balaban J connectivity index is 3.00. The molecule has 0 aromatic carbocycles. The van der Waals surface area contributed by atoms with E-state index in [2.05, 4.69) is 11.1 Å². The molecule has 1 rings (SSSR count). The summed E-state index contributed by atoms with van der Waals surface area (Å²) in [7, 11) is 1.76. The fourth-order valence-electron chi connectivity index (χ4n) is 1.44. The number of amides is 1. The maximum Gasteiger partial charge on any atom is 0.267 e. The maximum absolute atomic E-state index is 11.0. The van der Waals surface area contributed by atoms with Crippen molar-refractivity contribution in [2.45, 2.75) is 6.92 Å². The van der Waals surface area contributed by atoms with Gasteiger partial charge in [0.2, 0.25) is 0 Å². The Morgan fingerprint density at radius 2 is 2.29 bits per heavy atom. The van der Waals surface area contributed by atoms with E-state index >= 15 is 0 Å². The van der Waals surface area contributed by atoms with Crippen LogP contribution in [0.4, 0.5) is 11.5 Å². The Labute approximate surface area is 99.8 Å². The summed E-state index contributed by atoms with van der Waals surface area (Å²) < 4.78 is 0. The highest BCUT2D eigenvalue weighted by Gasteiger charge is 2.13. The van der Waals surface area contributed by atoms with Crippen molar-refractivity contribution in [1.29, 1.82) is 5.26 Å². The lowest BCUT2D eigenvalue weighted by Gasteiger charge is -2.21. The molecule has 0 aliphatic heterocycles. The molecule has 0 spiro atoms. The molecule has 0 saturated carbocycles. The highest BCUT2D eigenvalue weighted by Crippen LogP contribution is 2.20. The van der Waals surface area contributed by atoms with E-state index in [0.717, 1.165) is 0 Å². The molecule has 0 aliphatic carbocycles. The third-order valence-electron chi connectivity index (χ3n) is 2.29. The first-order valence-corrected chi connectivity index (χ1v) is 5.12. The van der Waals surface area contributed by atoms with Crippen LogP contribution in [0.1, 0.15) is 17.4 Å². The molecule has 1 heterocycles. The number of hydrogen-bond donors (Lipinski definition) is 2. The fraction of sp³-hybridized carbons (Fsp3) is 0.364. The smallest absolute Gasteiger partial charge is 0.267 e. The predicted octanol–water partition coefficient (Wildman–Crippen LogP) is 0.359. The number of nitrogens with zero attached hydrogens (tertiary/aromatic N) is 3. The maximum atomic E-state index is 11.0. The van der Waals surface area contributed by atoms with Crippen molar-refractivity contribution in [3.05, 3.63) is 17.8 Å². The largest absolute Gasteiger partial charge is 0.396 e. The third-order valence-corrected chi connectivity index (χ3v) is 2.29. The van der Waals surface area contributed by atoms with Gasteiger partial charge in [0.1, 0.15) is 5.69 Å². The van der Waals surface area contributed by atoms with Crippen molar-refractivity contribution in [2.75, 3.05) is 24.2 Å². The summed E-state index contributed by atoms with van der Waals surface area (Å²) in [5, 5.41) is 8.74. The minimum absolute atomic E-state index is 0.154. The van der Waals surface area contributed by atoms with E-state index in [4.69, 9.17) is 16.7 Å². The molecular formula is C11H15N5O. The van der Waals surface area contributed by atoms with E-state index in [1.807, 2.05) is 0 Å². The molecule has 17 heavy (non-hydrogen) atoms. The SMILES string of the molecule is CC(C#N)CN(C)c1nc(C(N)=O)ccc1N. The van der Waals surface area contributed by atoms with Gasteiger partial charge < -0.3 is 16.4 Å². The molecule has 0 radical (unpaired) electrons. The zero-order chi connectivity index (χ0) is 13.0. The molecule has 1 amide bonds. The van der Waals surface area contributed by atoms with Crippen LogP contribution in [0.3, 0.4) is 0 Å². The lowest BCUT2D eigenvalue weighted by atomic mass is 10.2. The summed E-state index contributed by atoms with van der Waals surface area (Å²) in [6, 6.07) is 5.17. The first-order valence-electron chi connectivity index (χ1n) is 5.12. The average molecular weight is 233 g/mol. The lowest BCUT2D eigenvalue weighted by Crippen LogP contribution is -2.26. The first-order chi connectivity index (χ1) is 7.95. The molecule has 0 saturated heterocycles. The molecule has 4 N–H and O–H groups in total. The van der Waals surface area contributed by atoms with Crippen LogP contribution in [-0.2, 0) is 0 Å². The minimum Gasteiger partial charge on any atom is -0.396 e. The van der Waals surface area contributed by atoms with Crippen LogP contribution in [0, 0.1) is 17.2 Å². The Morgan fingerprint density at radius 3 is 2.82 bits per heavy atom. The summed E-state index contributed by atoms with van der Waals surface area (Å²) in [6.07, 6.45) is 0. The topological polar surface area (TPSA) is 109 Å². The Hall–Kier alpha value is -2.29. The second-order valence-corrected chi connectivity index (χ2v) is 3.88. The molecule has 6 nitrogen and oxygen atoms in total. The number of nitrogen functional groups attached to an aromatic ring is 1. The summed E-state index contributed by atoms with van der Waals surface area (Å²) in [5.74, 6) is -0.296. The van der Waals surface area contributed by atoms with Crippen molar-refractivity contribution >= 4 is 17.4 Å². The van der Waals surface area contributed by atoms with E-state index in [1.54, 1.807) is 24.9 Å². The van der Waals surface area contributed by atoms with E-state index in [0.29, 0.717) is 18.1 Å². The van der Waals surface area contributed by atoms with Crippen LogP contribution in [0.2, 0.25) is 0 Å². The monoisotopic (exact) mass is 233 g/mol. The highest BCUT2D eigenvalue weighted by molar-refractivity contribution is 5.91. The fourth-order valence-corrected chi connectivity index (χ4v) is 1.44. The zero-order valence-electron chi connectivity index (χ0n) is 9.84. The number of pyridine rings is 1. The average Bonchev–Trinajstić information content (AvgIpc) is 2.28. The summed E-state index contributed by atoms with van der Waals surface area (Å²) in [4.78, 5) is 16.8. The number of carbonyl (C=O) groups is 1. The van der Waals surface area contributed by atoms with Gasteiger partial charge in [-0.05, 0) is 19.1 Å². The second kappa shape index (κ2) is 5.16. The van der Waals surface area contributed by atoms with Crippen molar-refractivity contribution in [3.8, 4) is 6.07 Å². The lowest BCUT2D eigenvalue weighted by molar-refractivity contribution is 0.0995. The van der Waals surface area contributed by atoms with Crippen LogP contribution in [0.25, 0.3) is 0 Å². The first kappa shape index (κ1) is 12.8. The van der Waals surface area contributed by atoms with Crippen molar-refractivity contribution in [1.82, 2.24) is 4.98 Å². The van der Waals surface area contributed by atoms with Gasteiger partial charge in [-0.3, -0.25) is 4.79 Å². The van der Waals surface area contributed by atoms with Crippen molar-refractivity contribution in [3.63, 3.8) is 0 Å². The third kappa shape index (κ3) is 3.08. The number of hydrogen-bond acceptors (Lipinski definition) is 5. The summed E-state index contributed by atoms with van der Waals surface area (Å²) >= 11 is 0. The van der Waals surface area contributed by atoms with Crippen LogP contribution < -0.4 is 16.4 Å². The summed E-state index contributed by atoms with van der Waals surface area (Å²) in [6.45, 7) is 2.28. The van der Waals surface area contributed by atoms with Gasteiger partial charge in [-0.1, -0.05) is 0 Å². The molecule has 90 valence electrons. The van der Waals surface area contributed by atoms with Gasteiger partial charge in [-0.2, -0.15) is 5.26 Å². The summed E-state index contributed by atoms with van der Waals surface area (Å²) in [5.41, 5.74) is 11.5. The predicted molar refractivity (Wildman–Crippen MR) is 65.2 cm³/mol. The molecule has 6 heteroatoms. The molecule has 1 unspecified atom stereocenters. The zero-order valence-corrected chi connectivity index (χ0v) is 9.84. The van der Waals surface area contributed by atoms with Gasteiger partial charge in [0.15, 0.2) is 5.82 Å². The molecule has 1 aromatic rings. The van der Waals surface area contributed by atoms with Gasteiger partial charge >= 0.3 is 0 Å². The van der Waals surface area contributed by atoms with Gasteiger partial charge in [0.05, 0.1) is 17.7 Å². The van der Waals surface area contributed by atoms with Crippen molar-refractivity contribution < 1.29 is 4.79 Å². The van der Waals surface area contributed by atoms with E-state index in [-0.39, 0.29) is 11.6 Å². The number of aromatic nitrogens is 1. The number of primary amides is 1. The molecule has 0 fully saturated rings. The Bertz CT molecular complexity index is 465. The van der Waals surface area contributed by atoms with Gasteiger partial charge in [0.25, 0.3) is 5.91 Å². The standard InChI is InChI=1S/C11H15N5O/c1-7(5-12)6-16(2)11-8(13)3-4-9(15-11)10(14)17/h3-4,7H,6,13H2,1-2H3,(H2,14,17). The molecule has 0 aliphatic rings.